The van der Waals surface area contributed by atoms with Crippen LogP contribution >= 0.6 is 11.3 Å². The van der Waals surface area contributed by atoms with Gasteiger partial charge in [0.25, 0.3) is 0 Å². The normalized spacial score (nSPS) is 11.2. The van der Waals surface area contributed by atoms with Crippen LogP contribution in [0.4, 0.5) is 17.1 Å². The van der Waals surface area contributed by atoms with Crippen molar-refractivity contribution in [3.8, 4) is 50.3 Å². The zero-order valence-electron chi connectivity index (χ0n) is 30.0. The number of nitriles is 1. The Balaban J connectivity index is 1.28. The van der Waals surface area contributed by atoms with Crippen molar-refractivity contribution in [2.24, 2.45) is 0 Å². The molecule has 0 radical (unpaired) electrons. The molecule has 6 nitrogen and oxygen atoms in total. The average Bonchev–Trinajstić information content (AvgIpc) is 3.67. The van der Waals surface area contributed by atoms with Gasteiger partial charge in [0.05, 0.1) is 13.2 Å². The van der Waals surface area contributed by atoms with Gasteiger partial charge in [0.2, 0.25) is 0 Å². The van der Waals surface area contributed by atoms with Crippen LogP contribution in [-0.2, 0) is 4.79 Å². The molecule has 0 atom stereocenters. The summed E-state index contributed by atoms with van der Waals surface area (Å²) in [6.45, 7) is 5.77. The van der Waals surface area contributed by atoms with Crippen LogP contribution in [-0.4, -0.2) is 24.3 Å². The molecule has 266 valence electrons. The van der Waals surface area contributed by atoms with Crippen molar-refractivity contribution in [3.05, 3.63) is 144 Å². The fraction of sp³-hybridized carbons (Fsp3) is 0.174. The molecular weight excluding hydrogens is 677 g/mol. The van der Waals surface area contributed by atoms with Gasteiger partial charge < -0.3 is 19.5 Å². The molecule has 0 fully saturated rings. The number of anilines is 3. The number of carboxylic acids is 1. The van der Waals surface area contributed by atoms with Crippen molar-refractivity contribution in [3.63, 3.8) is 0 Å². The molecule has 5 aromatic carbocycles. The molecule has 0 saturated heterocycles. The fourth-order valence-electron chi connectivity index (χ4n) is 5.85. The highest BCUT2D eigenvalue weighted by molar-refractivity contribution is 7.16. The minimum absolute atomic E-state index is 0.289. The maximum absolute atomic E-state index is 11.3. The highest BCUT2D eigenvalue weighted by Gasteiger charge is 2.15. The Bertz CT molecular complexity index is 2070. The number of rotatable bonds is 16. The van der Waals surface area contributed by atoms with Gasteiger partial charge in [-0.2, -0.15) is 5.26 Å². The van der Waals surface area contributed by atoms with Crippen molar-refractivity contribution in [1.29, 1.82) is 5.26 Å². The number of hydrogen-bond acceptors (Lipinski definition) is 6. The van der Waals surface area contributed by atoms with E-state index in [1.807, 2.05) is 36.4 Å². The largest absolute Gasteiger partial charge is 0.494 e. The molecule has 7 heteroatoms. The van der Waals surface area contributed by atoms with Gasteiger partial charge in [-0.05, 0) is 120 Å². The number of carboxylic acid groups (broad SMARTS) is 1. The topological polar surface area (TPSA) is 82.8 Å². The van der Waals surface area contributed by atoms with Gasteiger partial charge in [-0.3, -0.25) is 0 Å². The Kier molecular flexibility index (Phi) is 12.4. The lowest BCUT2D eigenvalue weighted by Gasteiger charge is -2.26. The number of unbranched alkanes of at least 4 members (excludes halogenated alkanes) is 2. The molecule has 0 unspecified atom stereocenters. The molecule has 6 aromatic rings. The number of aliphatic carboxylic acids is 1. The van der Waals surface area contributed by atoms with Crippen molar-refractivity contribution in [2.45, 2.75) is 39.5 Å². The predicted octanol–water partition coefficient (Wildman–Crippen LogP) is 12.6. The lowest BCUT2D eigenvalue weighted by atomic mass is 10.0. The van der Waals surface area contributed by atoms with E-state index < -0.39 is 5.97 Å². The van der Waals surface area contributed by atoms with Crippen molar-refractivity contribution >= 4 is 40.4 Å². The summed E-state index contributed by atoms with van der Waals surface area (Å²) >= 11 is 1.44. The lowest BCUT2D eigenvalue weighted by molar-refractivity contribution is -0.132. The molecule has 0 bridgehead atoms. The van der Waals surface area contributed by atoms with Crippen LogP contribution in [0.15, 0.2) is 139 Å². The Labute approximate surface area is 315 Å². The van der Waals surface area contributed by atoms with Gasteiger partial charge in [-0.25, -0.2) is 4.79 Å². The second-order valence-electron chi connectivity index (χ2n) is 12.6. The van der Waals surface area contributed by atoms with Gasteiger partial charge in [0.1, 0.15) is 23.1 Å². The summed E-state index contributed by atoms with van der Waals surface area (Å²) in [7, 11) is 0. The number of nitrogens with zero attached hydrogens (tertiary/aromatic N) is 2. The monoisotopic (exact) mass is 718 g/mol. The highest BCUT2D eigenvalue weighted by Crippen LogP contribution is 2.39. The van der Waals surface area contributed by atoms with E-state index >= 15 is 0 Å². The Hall–Kier alpha value is -6.10. The second kappa shape index (κ2) is 17.9. The smallest absolute Gasteiger partial charge is 0.346 e. The molecule has 0 amide bonds. The van der Waals surface area contributed by atoms with Gasteiger partial charge in [-0.15, -0.1) is 11.3 Å². The molecular formula is C46H42N2O4S. The van der Waals surface area contributed by atoms with Crippen LogP contribution in [0, 0.1) is 11.3 Å². The van der Waals surface area contributed by atoms with E-state index in [0.717, 1.165) is 100 Å². The number of hydrogen-bond donors (Lipinski definition) is 1. The molecule has 0 spiro atoms. The van der Waals surface area contributed by atoms with Crippen molar-refractivity contribution < 1.29 is 19.4 Å². The summed E-state index contributed by atoms with van der Waals surface area (Å²) in [5, 5.41) is 18.4. The van der Waals surface area contributed by atoms with Gasteiger partial charge in [-0.1, -0.05) is 87.4 Å². The third-order valence-corrected chi connectivity index (χ3v) is 9.92. The van der Waals surface area contributed by atoms with Crippen LogP contribution in [0.1, 0.15) is 44.4 Å². The van der Waals surface area contributed by atoms with E-state index in [1.165, 1.54) is 17.4 Å². The van der Waals surface area contributed by atoms with E-state index in [1.54, 1.807) is 6.07 Å². The highest BCUT2D eigenvalue weighted by atomic mass is 32.1. The molecule has 6 rings (SSSR count). The van der Waals surface area contributed by atoms with E-state index in [0.29, 0.717) is 4.88 Å². The predicted molar refractivity (Wildman–Crippen MR) is 217 cm³/mol. The Morgan fingerprint density at radius 3 is 1.40 bits per heavy atom. The molecule has 1 heterocycles. The fourth-order valence-corrected chi connectivity index (χ4v) is 6.81. The van der Waals surface area contributed by atoms with Crippen LogP contribution < -0.4 is 14.4 Å². The minimum atomic E-state index is -1.23. The molecule has 53 heavy (non-hydrogen) atoms. The lowest BCUT2D eigenvalue weighted by Crippen LogP contribution is -2.09. The van der Waals surface area contributed by atoms with Crippen LogP contribution in [0.25, 0.3) is 38.8 Å². The zero-order valence-corrected chi connectivity index (χ0v) is 30.8. The molecule has 0 aliphatic rings. The Morgan fingerprint density at radius 1 is 0.623 bits per heavy atom. The van der Waals surface area contributed by atoms with E-state index in [9.17, 15) is 15.2 Å². The third-order valence-electron chi connectivity index (χ3n) is 8.83. The first-order valence-electron chi connectivity index (χ1n) is 18.0. The summed E-state index contributed by atoms with van der Waals surface area (Å²) in [4.78, 5) is 15.3. The quantitative estimate of drug-likeness (QED) is 0.0609. The SMILES string of the molecule is CCCCOc1ccc(-c2ccc(N(c3ccc(-c4ccc(OCCCC)cc4)cc3)c3ccc(-c4ccc(/C=C(/C#N)C(=O)O)s4)cc3)cc2)cc1. The van der Waals surface area contributed by atoms with Gasteiger partial charge in [0.15, 0.2) is 0 Å². The maximum atomic E-state index is 11.3. The van der Waals surface area contributed by atoms with Crippen molar-refractivity contribution in [2.75, 3.05) is 18.1 Å². The maximum Gasteiger partial charge on any atom is 0.346 e. The van der Waals surface area contributed by atoms with Crippen LogP contribution in [0.2, 0.25) is 0 Å². The summed E-state index contributed by atoms with van der Waals surface area (Å²) in [5.41, 5.74) is 8.22. The number of benzene rings is 5. The average molecular weight is 719 g/mol. The van der Waals surface area contributed by atoms with Crippen molar-refractivity contribution in [1.82, 2.24) is 0 Å². The first-order valence-corrected chi connectivity index (χ1v) is 18.8. The number of carbonyl (C=O) groups is 1. The number of ether oxygens (including phenoxy) is 2. The molecule has 0 aliphatic heterocycles. The minimum Gasteiger partial charge on any atom is -0.494 e. The zero-order chi connectivity index (χ0) is 37.0. The van der Waals surface area contributed by atoms with Gasteiger partial charge in [0, 0.05) is 26.8 Å². The van der Waals surface area contributed by atoms with Crippen LogP contribution in [0.3, 0.4) is 0 Å². The van der Waals surface area contributed by atoms with E-state index in [2.05, 4.69) is 116 Å². The summed E-state index contributed by atoms with van der Waals surface area (Å²) in [6.07, 6.45) is 5.70. The van der Waals surface area contributed by atoms with E-state index in [4.69, 9.17) is 9.47 Å². The molecule has 1 aromatic heterocycles. The number of thiophene rings is 1. The second-order valence-corrected chi connectivity index (χ2v) is 13.7. The Morgan fingerprint density at radius 2 is 1.02 bits per heavy atom. The van der Waals surface area contributed by atoms with E-state index in [-0.39, 0.29) is 5.57 Å². The summed E-state index contributed by atoms with van der Waals surface area (Å²) < 4.78 is 11.7. The standard InChI is InChI=1S/C46H42N2O4S/c1-3-5-29-51-42-23-13-35(14-24-42)33-7-17-39(18-8-33)48(40-19-9-34(10-20-40)36-15-25-43(26-16-36)52-30-6-4-2)41-21-11-37(12-22-41)45-28-27-44(53-45)31-38(32-47)46(49)50/h7-28,31H,3-6,29-30H2,1-2H3,(H,49,50)/b38-31-. The summed E-state index contributed by atoms with van der Waals surface area (Å²) in [5.74, 6) is 0.537. The first-order chi connectivity index (χ1) is 25.9. The van der Waals surface area contributed by atoms with Crippen LogP contribution in [0.5, 0.6) is 11.5 Å². The first kappa shape index (κ1) is 36.7. The molecule has 0 saturated carbocycles. The summed E-state index contributed by atoms with van der Waals surface area (Å²) in [6, 6.07) is 47.6. The third kappa shape index (κ3) is 9.42. The van der Waals surface area contributed by atoms with Gasteiger partial charge >= 0.3 is 5.97 Å². The molecule has 0 aliphatic carbocycles. The molecule has 1 N–H and O–H groups in total.